The molecule has 1 aromatic rings. The molecule has 0 heterocycles. The van der Waals surface area contributed by atoms with Crippen molar-refractivity contribution in [3.05, 3.63) is 28.2 Å². The third-order valence-electron chi connectivity index (χ3n) is 3.60. The standard InChI is InChI=1S/C16H22BrF3O/c1-6-10(2)11-7-12(17)9-13(8-11)21-14(18)16(19,20)15(3,4)5/h7-10,14H,6H2,1-5H3. The van der Waals surface area contributed by atoms with E-state index in [0.29, 0.717) is 4.47 Å². The number of rotatable bonds is 5. The fraction of sp³-hybridized carbons (Fsp3) is 0.625. The van der Waals surface area contributed by atoms with Crippen LogP contribution in [0, 0.1) is 5.41 Å². The largest absolute Gasteiger partial charge is 0.454 e. The van der Waals surface area contributed by atoms with E-state index >= 15 is 0 Å². The van der Waals surface area contributed by atoms with E-state index in [-0.39, 0.29) is 11.7 Å². The highest BCUT2D eigenvalue weighted by Crippen LogP contribution is 2.41. The number of hydrogen-bond acceptors (Lipinski definition) is 1. The van der Waals surface area contributed by atoms with Gasteiger partial charge in [0.15, 0.2) is 0 Å². The maximum absolute atomic E-state index is 13.9. The number of ether oxygens (including phenoxy) is 1. The molecule has 0 bridgehead atoms. The fourth-order valence-electron chi connectivity index (χ4n) is 1.71. The highest BCUT2D eigenvalue weighted by atomic mass is 79.9. The van der Waals surface area contributed by atoms with Crippen LogP contribution in [0.3, 0.4) is 0 Å². The predicted octanol–water partition coefficient (Wildman–Crippen LogP) is 6.32. The Balaban J connectivity index is 3.00. The van der Waals surface area contributed by atoms with Crippen molar-refractivity contribution in [2.75, 3.05) is 0 Å². The summed E-state index contributed by atoms with van der Waals surface area (Å²) in [6.07, 6.45) is -1.79. The summed E-state index contributed by atoms with van der Waals surface area (Å²) in [6.45, 7) is 7.90. The molecular weight excluding hydrogens is 345 g/mol. The monoisotopic (exact) mass is 366 g/mol. The highest BCUT2D eigenvalue weighted by molar-refractivity contribution is 9.10. The lowest BCUT2D eigenvalue weighted by Crippen LogP contribution is -2.45. The number of benzene rings is 1. The van der Waals surface area contributed by atoms with Crippen LogP contribution in [-0.2, 0) is 0 Å². The van der Waals surface area contributed by atoms with E-state index in [1.807, 2.05) is 19.9 Å². The van der Waals surface area contributed by atoms with Gasteiger partial charge in [-0.3, -0.25) is 0 Å². The first-order valence-electron chi connectivity index (χ1n) is 6.98. The van der Waals surface area contributed by atoms with Gasteiger partial charge in [0.05, 0.1) is 0 Å². The van der Waals surface area contributed by atoms with Crippen molar-refractivity contribution < 1.29 is 17.9 Å². The van der Waals surface area contributed by atoms with Gasteiger partial charge in [0.25, 0.3) is 0 Å². The van der Waals surface area contributed by atoms with Crippen LogP contribution < -0.4 is 4.74 Å². The van der Waals surface area contributed by atoms with Crippen LogP contribution >= 0.6 is 15.9 Å². The summed E-state index contributed by atoms with van der Waals surface area (Å²) in [7, 11) is 0. The van der Waals surface area contributed by atoms with Gasteiger partial charge in [-0.15, -0.1) is 0 Å². The van der Waals surface area contributed by atoms with Crippen LogP contribution in [0.1, 0.15) is 52.5 Å². The molecule has 0 saturated heterocycles. The molecule has 2 unspecified atom stereocenters. The van der Waals surface area contributed by atoms with Gasteiger partial charge in [-0.05, 0) is 36.1 Å². The smallest absolute Gasteiger partial charge is 0.318 e. The van der Waals surface area contributed by atoms with E-state index in [2.05, 4.69) is 15.9 Å². The number of alkyl halides is 3. The summed E-state index contributed by atoms with van der Waals surface area (Å²) in [5, 5.41) is 0. The molecule has 5 heteroatoms. The first-order chi connectivity index (χ1) is 9.49. The molecule has 0 N–H and O–H groups in total. The Morgan fingerprint density at radius 3 is 2.24 bits per heavy atom. The summed E-state index contributed by atoms with van der Waals surface area (Å²) in [5.41, 5.74) is -0.592. The van der Waals surface area contributed by atoms with E-state index in [1.54, 1.807) is 6.07 Å². The average Bonchev–Trinajstić information content (AvgIpc) is 2.35. The normalized spacial score (nSPS) is 15.7. The number of hydrogen-bond donors (Lipinski definition) is 0. The third kappa shape index (κ3) is 4.38. The van der Waals surface area contributed by atoms with Gasteiger partial charge in [-0.25, -0.2) is 0 Å². The zero-order valence-electron chi connectivity index (χ0n) is 13.0. The van der Waals surface area contributed by atoms with Crippen LogP contribution in [-0.4, -0.2) is 12.3 Å². The summed E-state index contributed by atoms with van der Waals surface area (Å²) < 4.78 is 47.3. The van der Waals surface area contributed by atoms with Crippen LogP contribution in [0.25, 0.3) is 0 Å². The minimum atomic E-state index is -3.58. The first kappa shape index (κ1) is 18.3. The van der Waals surface area contributed by atoms with Crippen molar-refractivity contribution in [1.29, 1.82) is 0 Å². The van der Waals surface area contributed by atoms with Gasteiger partial charge in [-0.1, -0.05) is 50.5 Å². The zero-order valence-corrected chi connectivity index (χ0v) is 14.6. The molecule has 1 nitrogen and oxygen atoms in total. The third-order valence-corrected chi connectivity index (χ3v) is 4.06. The Morgan fingerprint density at radius 2 is 1.76 bits per heavy atom. The van der Waals surface area contributed by atoms with Gasteiger partial charge in [0.2, 0.25) is 0 Å². The fourth-order valence-corrected chi connectivity index (χ4v) is 2.20. The second-order valence-corrected chi connectivity index (χ2v) is 7.25. The lowest BCUT2D eigenvalue weighted by atomic mass is 9.88. The van der Waals surface area contributed by atoms with Crippen molar-refractivity contribution in [3.8, 4) is 5.75 Å². The topological polar surface area (TPSA) is 9.23 Å². The molecule has 0 aliphatic carbocycles. The molecule has 0 saturated carbocycles. The summed E-state index contributed by atoms with van der Waals surface area (Å²) in [6, 6.07) is 5.00. The molecule has 2 atom stereocenters. The molecule has 0 spiro atoms. The Hall–Kier alpha value is -0.710. The van der Waals surface area contributed by atoms with E-state index in [0.717, 1.165) is 12.0 Å². The minimum Gasteiger partial charge on any atom is -0.454 e. The molecule has 0 aliphatic rings. The molecule has 0 aliphatic heterocycles. The minimum absolute atomic E-state index is 0.108. The second kappa shape index (κ2) is 6.59. The average molecular weight is 367 g/mol. The lowest BCUT2D eigenvalue weighted by Gasteiger charge is -2.32. The quantitative estimate of drug-likeness (QED) is 0.592. The summed E-state index contributed by atoms with van der Waals surface area (Å²) in [5.74, 6) is -3.23. The van der Waals surface area contributed by atoms with Crippen LogP contribution in [0.2, 0.25) is 0 Å². The van der Waals surface area contributed by atoms with Crippen molar-refractivity contribution in [2.24, 2.45) is 5.41 Å². The van der Waals surface area contributed by atoms with Gasteiger partial charge in [0, 0.05) is 9.89 Å². The molecule has 0 fully saturated rings. The maximum Gasteiger partial charge on any atom is 0.318 e. The Labute approximate surface area is 133 Å². The van der Waals surface area contributed by atoms with Crippen molar-refractivity contribution in [3.63, 3.8) is 0 Å². The van der Waals surface area contributed by atoms with Crippen molar-refractivity contribution >= 4 is 15.9 Å². The number of halogens is 4. The van der Waals surface area contributed by atoms with Crippen LogP contribution in [0.5, 0.6) is 5.75 Å². The van der Waals surface area contributed by atoms with E-state index in [1.165, 1.54) is 26.8 Å². The van der Waals surface area contributed by atoms with Crippen molar-refractivity contribution in [2.45, 2.75) is 59.2 Å². The molecule has 0 aromatic heterocycles. The zero-order chi connectivity index (χ0) is 16.4. The molecule has 0 radical (unpaired) electrons. The van der Waals surface area contributed by atoms with Crippen molar-refractivity contribution in [1.82, 2.24) is 0 Å². The molecule has 0 amide bonds. The Morgan fingerprint density at radius 1 is 1.19 bits per heavy atom. The molecule has 1 rings (SSSR count). The van der Waals surface area contributed by atoms with Gasteiger partial charge in [-0.2, -0.15) is 13.2 Å². The predicted molar refractivity (Wildman–Crippen MR) is 82.8 cm³/mol. The molecule has 120 valence electrons. The maximum atomic E-state index is 13.9. The molecular formula is C16H22BrF3O. The Bertz CT molecular complexity index is 483. The van der Waals surface area contributed by atoms with E-state index in [4.69, 9.17) is 4.74 Å². The molecule has 21 heavy (non-hydrogen) atoms. The van der Waals surface area contributed by atoms with Gasteiger partial charge < -0.3 is 4.74 Å². The van der Waals surface area contributed by atoms with Gasteiger partial charge >= 0.3 is 12.3 Å². The first-order valence-corrected chi connectivity index (χ1v) is 7.77. The van der Waals surface area contributed by atoms with Crippen LogP contribution in [0.15, 0.2) is 22.7 Å². The Kier molecular flexibility index (Phi) is 5.76. The van der Waals surface area contributed by atoms with Gasteiger partial charge in [0.1, 0.15) is 5.75 Å². The summed E-state index contributed by atoms with van der Waals surface area (Å²) in [4.78, 5) is 0. The SMILES string of the molecule is CCC(C)c1cc(Br)cc(OC(F)C(F)(F)C(C)(C)C)c1. The highest BCUT2D eigenvalue weighted by Gasteiger charge is 2.52. The lowest BCUT2D eigenvalue weighted by molar-refractivity contribution is -0.210. The second-order valence-electron chi connectivity index (χ2n) is 6.34. The van der Waals surface area contributed by atoms with E-state index < -0.39 is 17.7 Å². The summed E-state index contributed by atoms with van der Waals surface area (Å²) >= 11 is 3.30. The van der Waals surface area contributed by atoms with E-state index in [9.17, 15) is 13.2 Å². The van der Waals surface area contributed by atoms with Crippen LogP contribution in [0.4, 0.5) is 13.2 Å². The molecule has 1 aromatic carbocycles.